The van der Waals surface area contributed by atoms with Gasteiger partial charge in [0.15, 0.2) is 6.61 Å². The van der Waals surface area contributed by atoms with Crippen molar-refractivity contribution < 1.29 is 13.9 Å². The first-order valence-electron chi connectivity index (χ1n) is 10.2. The van der Waals surface area contributed by atoms with E-state index in [0.717, 1.165) is 0 Å². The van der Waals surface area contributed by atoms with Crippen LogP contribution >= 0.6 is 11.6 Å². The molecule has 0 fully saturated rings. The highest BCUT2D eigenvalue weighted by Crippen LogP contribution is 2.27. The number of ether oxygens (including phenoxy) is 1. The molecule has 0 bridgehead atoms. The lowest BCUT2D eigenvalue weighted by Crippen LogP contribution is -2.39. The topological polar surface area (TPSA) is 68.5 Å². The van der Waals surface area contributed by atoms with Gasteiger partial charge in [0.05, 0.1) is 17.1 Å². The Hall–Kier alpha value is -2.86. The molecule has 1 amide bonds. The Morgan fingerprint density at radius 3 is 2.39 bits per heavy atom. The summed E-state index contributed by atoms with van der Waals surface area (Å²) in [5.41, 5.74) is 1.93. The first-order valence-corrected chi connectivity index (χ1v) is 10.6. The number of hydrogen-bond acceptors (Lipinski definition) is 5. The summed E-state index contributed by atoms with van der Waals surface area (Å²) < 4.78 is 11.5. The molecule has 2 aromatic carbocycles. The van der Waals surface area contributed by atoms with E-state index < -0.39 is 0 Å². The number of rotatable bonds is 7. The van der Waals surface area contributed by atoms with Crippen molar-refractivity contribution >= 4 is 17.5 Å². The van der Waals surface area contributed by atoms with Gasteiger partial charge in [-0.15, -0.1) is 10.2 Å². The molecule has 6 nitrogen and oxygen atoms in total. The first kappa shape index (κ1) is 22.8. The summed E-state index contributed by atoms with van der Waals surface area (Å²) in [5.74, 6) is 1.16. The van der Waals surface area contributed by atoms with Crippen LogP contribution in [0.25, 0.3) is 11.5 Å². The fourth-order valence-corrected chi connectivity index (χ4v) is 3.26. The Kier molecular flexibility index (Phi) is 7.01. The van der Waals surface area contributed by atoms with Crippen LogP contribution in [0.2, 0.25) is 5.02 Å². The first-order chi connectivity index (χ1) is 14.6. The number of hydrogen-bond donors (Lipinski definition) is 0. The predicted octanol–water partition coefficient (Wildman–Crippen LogP) is 5.50. The highest BCUT2D eigenvalue weighted by atomic mass is 35.5. The van der Waals surface area contributed by atoms with Crippen LogP contribution in [0.3, 0.4) is 0 Å². The van der Waals surface area contributed by atoms with Crippen molar-refractivity contribution in [3.05, 3.63) is 65.0 Å². The molecule has 1 heterocycles. The van der Waals surface area contributed by atoms with Crippen molar-refractivity contribution in [3.8, 4) is 17.2 Å². The van der Waals surface area contributed by atoms with E-state index in [1.165, 1.54) is 5.56 Å². The largest absolute Gasteiger partial charge is 0.484 e. The molecule has 1 aromatic heterocycles. The van der Waals surface area contributed by atoms with Gasteiger partial charge in [0, 0.05) is 6.04 Å². The summed E-state index contributed by atoms with van der Waals surface area (Å²) in [6.45, 7) is 10.5. The molecule has 0 N–H and O–H groups in total. The minimum absolute atomic E-state index is 0.0602. The quantitative estimate of drug-likeness (QED) is 0.484. The molecule has 0 aliphatic heterocycles. The lowest BCUT2D eigenvalue weighted by atomic mass is 9.87. The Morgan fingerprint density at radius 2 is 1.77 bits per heavy atom. The van der Waals surface area contributed by atoms with Crippen molar-refractivity contribution in [2.75, 3.05) is 6.61 Å². The van der Waals surface area contributed by atoms with Gasteiger partial charge in [-0.2, -0.15) is 0 Å². The van der Waals surface area contributed by atoms with E-state index >= 15 is 0 Å². The van der Waals surface area contributed by atoms with Gasteiger partial charge in [0.1, 0.15) is 5.75 Å². The summed E-state index contributed by atoms with van der Waals surface area (Å²) in [5, 5.41) is 8.68. The summed E-state index contributed by atoms with van der Waals surface area (Å²) in [6.07, 6.45) is 0. The monoisotopic (exact) mass is 441 g/mol. The van der Waals surface area contributed by atoms with Gasteiger partial charge in [-0.25, -0.2) is 0 Å². The highest BCUT2D eigenvalue weighted by molar-refractivity contribution is 6.33. The maximum Gasteiger partial charge on any atom is 0.261 e. The summed E-state index contributed by atoms with van der Waals surface area (Å²) >= 11 is 6.20. The van der Waals surface area contributed by atoms with Gasteiger partial charge in [-0.1, -0.05) is 56.6 Å². The standard InChI is InChI=1S/C24H28ClN3O3/c1-16(2)28(14-21-26-27-23(31-21)19-8-6-7-9-20(19)25)22(29)15-30-18-12-10-17(11-13-18)24(3,4)5/h6-13,16H,14-15H2,1-5H3. The molecule has 31 heavy (non-hydrogen) atoms. The summed E-state index contributed by atoms with van der Waals surface area (Å²) in [6, 6.07) is 15.0. The Bertz CT molecular complexity index is 1020. The third-order valence-electron chi connectivity index (χ3n) is 4.90. The molecule has 0 radical (unpaired) electrons. The molecular formula is C24H28ClN3O3. The van der Waals surface area contributed by atoms with Gasteiger partial charge in [-0.3, -0.25) is 4.79 Å². The van der Waals surface area contributed by atoms with Crippen LogP contribution < -0.4 is 4.74 Å². The molecular weight excluding hydrogens is 414 g/mol. The minimum Gasteiger partial charge on any atom is -0.484 e. The van der Waals surface area contributed by atoms with Crippen molar-refractivity contribution in [2.24, 2.45) is 0 Å². The van der Waals surface area contributed by atoms with Crippen LogP contribution in [-0.4, -0.2) is 33.7 Å². The predicted molar refractivity (Wildman–Crippen MR) is 121 cm³/mol. The van der Waals surface area contributed by atoms with Gasteiger partial charge >= 0.3 is 0 Å². The number of nitrogens with zero attached hydrogens (tertiary/aromatic N) is 3. The second kappa shape index (κ2) is 9.52. The summed E-state index contributed by atoms with van der Waals surface area (Å²) in [7, 11) is 0. The van der Waals surface area contributed by atoms with E-state index in [2.05, 4.69) is 31.0 Å². The average molecular weight is 442 g/mol. The van der Waals surface area contributed by atoms with Crippen LogP contribution in [0.1, 0.15) is 46.1 Å². The zero-order valence-corrected chi connectivity index (χ0v) is 19.3. The van der Waals surface area contributed by atoms with Crippen LogP contribution in [0.5, 0.6) is 5.75 Å². The van der Waals surface area contributed by atoms with Crippen LogP contribution in [0.15, 0.2) is 52.9 Å². The lowest BCUT2D eigenvalue weighted by molar-refractivity contribution is -0.136. The third-order valence-corrected chi connectivity index (χ3v) is 5.23. The zero-order chi connectivity index (χ0) is 22.6. The average Bonchev–Trinajstić information content (AvgIpc) is 3.18. The van der Waals surface area contributed by atoms with Crippen molar-refractivity contribution in [1.29, 1.82) is 0 Å². The molecule has 0 aliphatic carbocycles. The number of carbonyl (C=O) groups is 1. The molecule has 164 valence electrons. The van der Waals surface area contributed by atoms with Gasteiger partial charge in [-0.05, 0) is 49.1 Å². The second-order valence-electron chi connectivity index (χ2n) is 8.66. The Balaban J connectivity index is 1.64. The van der Waals surface area contributed by atoms with E-state index in [1.54, 1.807) is 11.0 Å². The maximum atomic E-state index is 12.8. The number of aromatic nitrogens is 2. The van der Waals surface area contributed by atoms with Crippen LogP contribution in [0, 0.1) is 0 Å². The molecule has 0 saturated carbocycles. The number of benzene rings is 2. The smallest absolute Gasteiger partial charge is 0.261 e. The Morgan fingerprint density at radius 1 is 1.10 bits per heavy atom. The number of amides is 1. The normalized spacial score (nSPS) is 11.6. The van der Waals surface area contributed by atoms with Gasteiger partial charge in [0.25, 0.3) is 5.91 Å². The number of halogens is 1. The van der Waals surface area contributed by atoms with E-state index in [0.29, 0.717) is 28.1 Å². The van der Waals surface area contributed by atoms with Crippen molar-refractivity contribution in [3.63, 3.8) is 0 Å². The maximum absolute atomic E-state index is 12.8. The molecule has 0 unspecified atom stereocenters. The van der Waals surface area contributed by atoms with Crippen LogP contribution in [-0.2, 0) is 16.8 Å². The molecule has 3 aromatic rings. The minimum atomic E-state index is -0.160. The zero-order valence-electron chi connectivity index (χ0n) is 18.6. The molecule has 3 rings (SSSR count). The third kappa shape index (κ3) is 5.85. The fraction of sp³-hybridized carbons (Fsp3) is 0.375. The van der Waals surface area contributed by atoms with Crippen LogP contribution in [0.4, 0.5) is 0 Å². The molecule has 0 saturated heterocycles. The Labute approximate surface area is 188 Å². The van der Waals surface area contributed by atoms with Crippen molar-refractivity contribution in [2.45, 2.75) is 52.6 Å². The van der Waals surface area contributed by atoms with E-state index in [1.807, 2.05) is 56.3 Å². The fourth-order valence-electron chi connectivity index (χ4n) is 3.04. The van der Waals surface area contributed by atoms with Gasteiger partial charge in [0.2, 0.25) is 11.8 Å². The molecule has 0 spiro atoms. The summed E-state index contributed by atoms with van der Waals surface area (Å²) in [4.78, 5) is 14.5. The second-order valence-corrected chi connectivity index (χ2v) is 9.07. The van der Waals surface area contributed by atoms with Gasteiger partial charge < -0.3 is 14.1 Å². The van der Waals surface area contributed by atoms with E-state index in [4.69, 9.17) is 20.8 Å². The number of carbonyl (C=O) groups excluding carboxylic acids is 1. The highest BCUT2D eigenvalue weighted by Gasteiger charge is 2.22. The molecule has 0 atom stereocenters. The molecule has 0 aliphatic rings. The SMILES string of the molecule is CC(C)N(Cc1nnc(-c2ccccc2Cl)o1)C(=O)COc1ccc(C(C)(C)C)cc1. The molecule has 7 heteroatoms. The van der Waals surface area contributed by atoms with E-state index in [-0.39, 0.29) is 30.5 Å². The van der Waals surface area contributed by atoms with Crippen molar-refractivity contribution in [1.82, 2.24) is 15.1 Å². The van der Waals surface area contributed by atoms with E-state index in [9.17, 15) is 4.79 Å². The lowest BCUT2D eigenvalue weighted by Gasteiger charge is -2.25.